The second kappa shape index (κ2) is 6.59. The number of thiazole rings is 1. The molecule has 2 unspecified atom stereocenters. The van der Waals surface area contributed by atoms with Gasteiger partial charge >= 0.3 is 0 Å². The third-order valence-corrected chi connectivity index (χ3v) is 5.90. The zero-order valence-electron chi connectivity index (χ0n) is 14.7. The van der Waals surface area contributed by atoms with Crippen molar-refractivity contribution in [2.24, 2.45) is 5.73 Å². The van der Waals surface area contributed by atoms with Gasteiger partial charge in [-0.15, -0.1) is 11.3 Å². The van der Waals surface area contributed by atoms with Crippen molar-refractivity contribution in [3.8, 4) is 0 Å². The summed E-state index contributed by atoms with van der Waals surface area (Å²) in [5, 5.41) is 0.995. The molecular formula is C18H21F2N5S. The number of alkyl halides is 1. The molecule has 0 bridgehead atoms. The lowest BCUT2D eigenvalue weighted by atomic mass is 10.1. The van der Waals surface area contributed by atoms with Gasteiger partial charge in [0.15, 0.2) is 0 Å². The van der Waals surface area contributed by atoms with E-state index in [4.69, 9.17) is 10.7 Å². The largest absolute Gasteiger partial charge is 0.340 e. The molecule has 1 fully saturated rings. The molecule has 8 heteroatoms. The minimum Gasteiger partial charge on any atom is -0.340 e. The molecule has 26 heavy (non-hydrogen) atoms. The molecule has 1 aliphatic heterocycles. The number of imidazole rings is 1. The average Bonchev–Trinajstić information content (AvgIpc) is 3.10. The first kappa shape index (κ1) is 17.4. The highest BCUT2D eigenvalue weighted by Crippen LogP contribution is 2.29. The molecule has 3 aromatic rings. The van der Waals surface area contributed by atoms with Crippen LogP contribution in [-0.2, 0) is 6.54 Å². The first-order chi connectivity index (χ1) is 12.4. The van der Waals surface area contributed by atoms with E-state index in [9.17, 15) is 8.78 Å². The van der Waals surface area contributed by atoms with Crippen molar-refractivity contribution in [2.45, 2.75) is 39.0 Å². The summed E-state index contributed by atoms with van der Waals surface area (Å²) in [5.74, 6) is 0.403. The van der Waals surface area contributed by atoms with E-state index in [0.717, 1.165) is 26.6 Å². The van der Waals surface area contributed by atoms with E-state index in [0.29, 0.717) is 32.0 Å². The van der Waals surface area contributed by atoms with Gasteiger partial charge in [-0.05, 0) is 38.5 Å². The van der Waals surface area contributed by atoms with Crippen LogP contribution in [0.5, 0.6) is 0 Å². The highest BCUT2D eigenvalue weighted by molar-refractivity contribution is 7.11. The lowest BCUT2D eigenvalue weighted by Gasteiger charge is -2.34. The topological polar surface area (TPSA) is 60.0 Å². The van der Waals surface area contributed by atoms with Gasteiger partial charge in [-0.2, -0.15) is 0 Å². The molecule has 138 valence electrons. The van der Waals surface area contributed by atoms with E-state index in [1.54, 1.807) is 17.4 Å². The van der Waals surface area contributed by atoms with Crippen LogP contribution in [0.1, 0.15) is 22.0 Å². The highest BCUT2D eigenvalue weighted by Gasteiger charge is 2.29. The molecule has 1 aromatic carbocycles. The average molecular weight is 377 g/mol. The fourth-order valence-corrected chi connectivity index (χ4v) is 4.41. The molecule has 2 atom stereocenters. The molecular weight excluding hydrogens is 356 g/mol. The predicted molar refractivity (Wildman–Crippen MR) is 100 cm³/mol. The van der Waals surface area contributed by atoms with Crippen molar-refractivity contribution < 1.29 is 8.78 Å². The van der Waals surface area contributed by atoms with E-state index < -0.39 is 12.2 Å². The third-order valence-electron chi connectivity index (χ3n) is 4.84. The van der Waals surface area contributed by atoms with Gasteiger partial charge in [0.1, 0.15) is 12.0 Å². The minimum absolute atomic E-state index is 0.304. The fourth-order valence-electron chi connectivity index (χ4n) is 3.48. The quantitative estimate of drug-likeness (QED) is 0.762. The monoisotopic (exact) mass is 377 g/mol. The Hall–Kier alpha value is -2.06. The Balaban J connectivity index is 1.80. The van der Waals surface area contributed by atoms with Crippen LogP contribution in [0, 0.1) is 19.7 Å². The van der Waals surface area contributed by atoms with Gasteiger partial charge in [-0.25, -0.2) is 18.7 Å². The number of nitrogens with zero attached hydrogens (tertiary/aromatic N) is 4. The van der Waals surface area contributed by atoms with Gasteiger partial charge in [0.25, 0.3) is 0 Å². The molecule has 0 aliphatic carbocycles. The lowest BCUT2D eigenvalue weighted by molar-refractivity contribution is 0.243. The standard InChI is InChI=1S/C18H21F2N5S/c1-10-17(26-11(2)22-10)9-25-16-7-12(19)3-4-15(16)23-18(25)24-6-5-13(20)14(21)8-24/h3-4,7,13-14H,5-6,8-9,21H2,1-2H3. The summed E-state index contributed by atoms with van der Waals surface area (Å²) in [5.41, 5.74) is 8.34. The van der Waals surface area contributed by atoms with Crippen molar-refractivity contribution >= 4 is 28.3 Å². The number of aryl methyl sites for hydroxylation is 2. The smallest absolute Gasteiger partial charge is 0.206 e. The molecule has 5 nitrogen and oxygen atoms in total. The molecule has 0 saturated carbocycles. The Labute approximate surface area is 154 Å². The van der Waals surface area contributed by atoms with Gasteiger partial charge < -0.3 is 15.2 Å². The first-order valence-electron chi connectivity index (χ1n) is 8.65. The summed E-state index contributed by atoms with van der Waals surface area (Å²) in [4.78, 5) is 12.3. The van der Waals surface area contributed by atoms with Crippen LogP contribution in [0.15, 0.2) is 18.2 Å². The van der Waals surface area contributed by atoms with Crippen LogP contribution in [0.3, 0.4) is 0 Å². The Kier molecular flexibility index (Phi) is 4.40. The Morgan fingerprint density at radius 3 is 2.81 bits per heavy atom. The van der Waals surface area contributed by atoms with E-state index in [1.807, 2.05) is 23.3 Å². The van der Waals surface area contributed by atoms with E-state index in [1.165, 1.54) is 12.1 Å². The zero-order chi connectivity index (χ0) is 18.4. The van der Waals surface area contributed by atoms with Crippen molar-refractivity contribution in [2.75, 3.05) is 18.0 Å². The molecule has 2 aromatic heterocycles. The number of rotatable bonds is 3. The van der Waals surface area contributed by atoms with Gasteiger partial charge in [-0.3, -0.25) is 0 Å². The van der Waals surface area contributed by atoms with Gasteiger partial charge in [-0.1, -0.05) is 0 Å². The normalized spacial score (nSPS) is 20.9. The number of benzene rings is 1. The number of nitrogens with two attached hydrogens (primary N) is 1. The first-order valence-corrected chi connectivity index (χ1v) is 9.47. The minimum atomic E-state index is -0.993. The molecule has 4 rings (SSSR count). The number of fused-ring (bicyclic) bond motifs is 1. The highest BCUT2D eigenvalue weighted by atomic mass is 32.1. The number of hydrogen-bond donors (Lipinski definition) is 1. The summed E-state index contributed by atoms with van der Waals surface area (Å²) in [7, 11) is 0. The van der Waals surface area contributed by atoms with Crippen LogP contribution < -0.4 is 10.6 Å². The van der Waals surface area contributed by atoms with Crippen molar-refractivity contribution in [3.05, 3.63) is 39.6 Å². The number of piperidine rings is 1. The Morgan fingerprint density at radius 2 is 2.12 bits per heavy atom. The van der Waals surface area contributed by atoms with E-state index in [2.05, 4.69) is 4.98 Å². The summed E-state index contributed by atoms with van der Waals surface area (Å²) in [6, 6.07) is 4.04. The molecule has 2 N–H and O–H groups in total. The molecule has 0 spiro atoms. The van der Waals surface area contributed by atoms with E-state index >= 15 is 0 Å². The molecule has 0 amide bonds. The summed E-state index contributed by atoms with van der Waals surface area (Å²) >= 11 is 1.62. The maximum absolute atomic E-state index is 13.9. The number of aromatic nitrogens is 3. The summed E-state index contributed by atoms with van der Waals surface area (Å²) < 4.78 is 29.7. The predicted octanol–water partition coefficient (Wildman–Crippen LogP) is 3.17. The summed E-state index contributed by atoms with van der Waals surface area (Å²) in [6.45, 7) is 5.44. The van der Waals surface area contributed by atoms with Crippen molar-refractivity contribution in [1.82, 2.24) is 14.5 Å². The van der Waals surface area contributed by atoms with E-state index in [-0.39, 0.29) is 5.82 Å². The Morgan fingerprint density at radius 1 is 1.31 bits per heavy atom. The zero-order valence-corrected chi connectivity index (χ0v) is 15.6. The van der Waals surface area contributed by atoms with Crippen LogP contribution in [0.25, 0.3) is 11.0 Å². The molecule has 1 aliphatic rings. The second-order valence-corrected chi connectivity index (χ2v) is 8.07. The molecule has 0 radical (unpaired) electrons. The fraction of sp³-hybridized carbons (Fsp3) is 0.444. The summed E-state index contributed by atoms with van der Waals surface area (Å²) in [6.07, 6.45) is -0.620. The second-order valence-electron chi connectivity index (χ2n) is 6.79. The van der Waals surface area contributed by atoms with Crippen molar-refractivity contribution in [3.63, 3.8) is 0 Å². The molecule has 3 heterocycles. The van der Waals surface area contributed by atoms with Gasteiger partial charge in [0, 0.05) is 18.0 Å². The molecule has 1 saturated heterocycles. The van der Waals surface area contributed by atoms with Crippen LogP contribution in [0.4, 0.5) is 14.7 Å². The van der Waals surface area contributed by atoms with Crippen molar-refractivity contribution in [1.29, 1.82) is 0 Å². The van der Waals surface area contributed by atoms with Gasteiger partial charge in [0.05, 0.1) is 34.3 Å². The maximum Gasteiger partial charge on any atom is 0.206 e. The van der Waals surface area contributed by atoms with Crippen LogP contribution in [0.2, 0.25) is 0 Å². The third kappa shape index (κ3) is 3.07. The van der Waals surface area contributed by atoms with Crippen LogP contribution in [-0.4, -0.2) is 39.8 Å². The number of anilines is 1. The van der Waals surface area contributed by atoms with Crippen LogP contribution >= 0.6 is 11.3 Å². The SMILES string of the molecule is Cc1nc(C)c(Cn2c(N3CCC(F)C(N)C3)nc3ccc(F)cc32)s1. The lowest BCUT2D eigenvalue weighted by Crippen LogP contribution is -2.50. The number of halogens is 2. The number of hydrogen-bond acceptors (Lipinski definition) is 5. The maximum atomic E-state index is 13.9. The Bertz CT molecular complexity index is 951. The van der Waals surface area contributed by atoms with Gasteiger partial charge in [0.2, 0.25) is 5.95 Å².